The summed E-state index contributed by atoms with van der Waals surface area (Å²) in [5.41, 5.74) is 2.49. The molecule has 1 aliphatic rings. The molecule has 0 bridgehead atoms. The second-order valence-corrected chi connectivity index (χ2v) is 5.79. The first-order chi connectivity index (χ1) is 10.1. The molecular formula is C17H13ClN2O. The summed E-state index contributed by atoms with van der Waals surface area (Å²) in [4.78, 5) is 4.39. The predicted molar refractivity (Wildman–Crippen MR) is 82.2 cm³/mol. The van der Waals surface area contributed by atoms with Crippen LogP contribution in [0.5, 0.6) is 0 Å². The van der Waals surface area contributed by atoms with Crippen LogP contribution in [0.15, 0.2) is 54.9 Å². The highest BCUT2D eigenvalue weighted by molar-refractivity contribution is 6.30. The lowest BCUT2D eigenvalue weighted by Crippen LogP contribution is -2.32. The van der Waals surface area contributed by atoms with Gasteiger partial charge in [-0.3, -0.25) is 4.57 Å². The molecule has 4 rings (SSSR count). The minimum absolute atomic E-state index is 0.648. The number of aryl methyl sites for hydroxylation is 1. The van der Waals surface area contributed by atoms with Gasteiger partial charge in [0.25, 0.3) is 0 Å². The minimum atomic E-state index is -1.24. The minimum Gasteiger partial charge on any atom is -0.363 e. The van der Waals surface area contributed by atoms with Crippen LogP contribution < -0.4 is 0 Å². The van der Waals surface area contributed by atoms with Crippen molar-refractivity contribution in [1.82, 2.24) is 9.55 Å². The maximum Gasteiger partial charge on any atom is 0.197 e. The number of aliphatic hydroxyl groups is 1. The number of aromatic nitrogens is 2. The van der Waals surface area contributed by atoms with E-state index in [-0.39, 0.29) is 0 Å². The van der Waals surface area contributed by atoms with E-state index in [0.717, 1.165) is 28.1 Å². The number of hydrogen-bond donors (Lipinski definition) is 1. The molecule has 0 radical (unpaired) electrons. The Labute approximate surface area is 127 Å². The fourth-order valence-corrected chi connectivity index (χ4v) is 3.14. The van der Waals surface area contributed by atoms with Crippen LogP contribution in [0.2, 0.25) is 5.02 Å². The molecule has 1 aliphatic heterocycles. The van der Waals surface area contributed by atoms with Gasteiger partial charge in [-0.25, -0.2) is 4.98 Å². The van der Waals surface area contributed by atoms with E-state index in [1.54, 1.807) is 29.1 Å². The number of fused-ring (bicyclic) bond motifs is 3. The monoisotopic (exact) mass is 296 g/mol. The Balaban J connectivity index is 2.04. The van der Waals surface area contributed by atoms with Gasteiger partial charge in [-0.1, -0.05) is 41.4 Å². The van der Waals surface area contributed by atoms with Crippen LogP contribution in [0.1, 0.15) is 16.7 Å². The summed E-state index contributed by atoms with van der Waals surface area (Å²) in [5.74, 6) is 0.783. The number of nitrogens with zero attached hydrogens (tertiary/aromatic N) is 2. The molecule has 0 spiro atoms. The smallest absolute Gasteiger partial charge is 0.197 e. The van der Waals surface area contributed by atoms with Crippen molar-refractivity contribution < 1.29 is 5.11 Å². The van der Waals surface area contributed by atoms with E-state index in [1.165, 1.54) is 0 Å². The predicted octanol–water partition coefficient (Wildman–Crippen LogP) is 3.57. The normalized spacial score (nSPS) is 19.4. The van der Waals surface area contributed by atoms with Crippen LogP contribution in [0.3, 0.4) is 0 Å². The van der Waals surface area contributed by atoms with Crippen molar-refractivity contribution in [3.63, 3.8) is 0 Å². The second kappa shape index (κ2) is 4.20. The molecular weight excluding hydrogens is 284 g/mol. The SMILES string of the molecule is Cc1ccc2c(c1)-c1nccn1C2(O)c1ccc(Cl)cc1. The Morgan fingerprint density at radius 2 is 1.90 bits per heavy atom. The molecule has 0 saturated carbocycles. The van der Waals surface area contributed by atoms with E-state index in [2.05, 4.69) is 11.1 Å². The zero-order chi connectivity index (χ0) is 14.6. The zero-order valence-electron chi connectivity index (χ0n) is 11.4. The Bertz CT molecular complexity index is 838. The summed E-state index contributed by atoms with van der Waals surface area (Å²) >= 11 is 5.96. The van der Waals surface area contributed by atoms with Gasteiger partial charge < -0.3 is 5.11 Å². The van der Waals surface area contributed by atoms with Crippen LogP contribution in [-0.2, 0) is 5.72 Å². The van der Waals surface area contributed by atoms with E-state index in [9.17, 15) is 5.11 Å². The number of imidazole rings is 1. The van der Waals surface area contributed by atoms with Gasteiger partial charge >= 0.3 is 0 Å². The fourth-order valence-electron chi connectivity index (χ4n) is 3.02. The molecule has 0 saturated heterocycles. The highest BCUT2D eigenvalue weighted by Gasteiger charge is 2.43. The van der Waals surface area contributed by atoms with Crippen molar-refractivity contribution in [3.8, 4) is 11.4 Å². The fraction of sp³-hybridized carbons (Fsp3) is 0.118. The first kappa shape index (κ1) is 12.6. The molecule has 2 aromatic carbocycles. The van der Waals surface area contributed by atoms with Crippen molar-refractivity contribution in [2.24, 2.45) is 0 Å². The molecule has 3 aromatic rings. The second-order valence-electron chi connectivity index (χ2n) is 5.35. The molecule has 21 heavy (non-hydrogen) atoms. The van der Waals surface area contributed by atoms with Crippen molar-refractivity contribution in [2.75, 3.05) is 0 Å². The van der Waals surface area contributed by atoms with Gasteiger partial charge in [0.1, 0.15) is 5.82 Å². The molecule has 0 amide bonds. The Hall–Kier alpha value is -2.10. The largest absolute Gasteiger partial charge is 0.363 e. The summed E-state index contributed by atoms with van der Waals surface area (Å²) in [6.07, 6.45) is 3.51. The molecule has 2 heterocycles. The van der Waals surface area contributed by atoms with Gasteiger partial charge in [0.05, 0.1) is 0 Å². The average Bonchev–Trinajstić information content (AvgIpc) is 3.03. The maximum atomic E-state index is 11.4. The van der Waals surface area contributed by atoms with E-state index < -0.39 is 5.72 Å². The first-order valence-electron chi connectivity index (χ1n) is 6.74. The summed E-state index contributed by atoms with van der Waals surface area (Å²) in [7, 11) is 0. The third-order valence-corrected chi connectivity index (χ3v) is 4.28. The average molecular weight is 297 g/mol. The zero-order valence-corrected chi connectivity index (χ0v) is 12.2. The van der Waals surface area contributed by atoms with Crippen molar-refractivity contribution in [2.45, 2.75) is 12.6 Å². The summed E-state index contributed by atoms with van der Waals surface area (Å²) < 4.78 is 1.81. The Kier molecular flexibility index (Phi) is 2.52. The third kappa shape index (κ3) is 1.62. The lowest BCUT2D eigenvalue weighted by molar-refractivity contribution is 0.0572. The van der Waals surface area contributed by atoms with Crippen molar-refractivity contribution in [3.05, 3.63) is 76.6 Å². The molecule has 0 aliphatic carbocycles. The van der Waals surface area contributed by atoms with Gasteiger partial charge in [0, 0.05) is 34.1 Å². The van der Waals surface area contributed by atoms with E-state index in [1.807, 2.05) is 31.2 Å². The molecule has 4 heteroatoms. The van der Waals surface area contributed by atoms with E-state index >= 15 is 0 Å². The molecule has 104 valence electrons. The van der Waals surface area contributed by atoms with Crippen LogP contribution in [0.4, 0.5) is 0 Å². The molecule has 1 aromatic heterocycles. The highest BCUT2D eigenvalue weighted by Crippen LogP contribution is 2.45. The van der Waals surface area contributed by atoms with Gasteiger partial charge in [0.2, 0.25) is 0 Å². The first-order valence-corrected chi connectivity index (χ1v) is 7.12. The lowest BCUT2D eigenvalue weighted by Gasteiger charge is -2.27. The maximum absolute atomic E-state index is 11.4. The standard InChI is InChI=1S/C17H13ClN2O/c1-11-2-7-15-14(10-11)16-19-8-9-20(16)17(15,21)12-3-5-13(18)6-4-12/h2-10,21H,1H3. The van der Waals surface area contributed by atoms with Crippen LogP contribution >= 0.6 is 11.6 Å². The summed E-state index contributed by atoms with van der Waals surface area (Å²) in [6.45, 7) is 2.03. The van der Waals surface area contributed by atoms with Gasteiger partial charge in [-0.15, -0.1) is 0 Å². The number of rotatable bonds is 1. The van der Waals surface area contributed by atoms with Crippen LogP contribution in [-0.4, -0.2) is 14.7 Å². The number of halogens is 1. The molecule has 1 atom stereocenters. The molecule has 1 unspecified atom stereocenters. The van der Waals surface area contributed by atoms with Gasteiger partial charge in [0.15, 0.2) is 5.72 Å². The van der Waals surface area contributed by atoms with E-state index in [0.29, 0.717) is 5.02 Å². The number of benzene rings is 2. The highest BCUT2D eigenvalue weighted by atomic mass is 35.5. The Morgan fingerprint density at radius 1 is 1.14 bits per heavy atom. The van der Waals surface area contributed by atoms with Gasteiger partial charge in [-0.2, -0.15) is 0 Å². The Morgan fingerprint density at radius 3 is 2.67 bits per heavy atom. The number of hydrogen-bond acceptors (Lipinski definition) is 2. The molecule has 1 N–H and O–H groups in total. The quantitative estimate of drug-likeness (QED) is 0.745. The van der Waals surface area contributed by atoms with Crippen molar-refractivity contribution >= 4 is 11.6 Å². The topological polar surface area (TPSA) is 38.0 Å². The third-order valence-electron chi connectivity index (χ3n) is 4.03. The molecule has 3 nitrogen and oxygen atoms in total. The van der Waals surface area contributed by atoms with E-state index in [4.69, 9.17) is 11.6 Å². The lowest BCUT2D eigenvalue weighted by atomic mass is 9.93. The molecule has 0 fully saturated rings. The summed E-state index contributed by atoms with van der Waals surface area (Å²) in [6, 6.07) is 13.3. The summed E-state index contributed by atoms with van der Waals surface area (Å²) in [5, 5.41) is 12.1. The van der Waals surface area contributed by atoms with Crippen molar-refractivity contribution in [1.29, 1.82) is 0 Å². The van der Waals surface area contributed by atoms with Crippen LogP contribution in [0.25, 0.3) is 11.4 Å². The van der Waals surface area contributed by atoms with Gasteiger partial charge in [-0.05, 0) is 25.1 Å². The van der Waals surface area contributed by atoms with Crippen LogP contribution in [0, 0.1) is 6.92 Å².